The van der Waals surface area contributed by atoms with E-state index in [0.717, 1.165) is 22.3 Å². The van der Waals surface area contributed by atoms with Crippen LogP contribution in [0.3, 0.4) is 0 Å². The molecule has 0 aliphatic carbocycles. The number of benzene rings is 1. The summed E-state index contributed by atoms with van der Waals surface area (Å²) in [5.74, 6) is -0.159. The second kappa shape index (κ2) is 6.95. The Kier molecular flexibility index (Phi) is 5.26. The first-order valence-electron chi connectivity index (χ1n) is 6.70. The van der Waals surface area contributed by atoms with Crippen LogP contribution in [-0.4, -0.2) is 11.5 Å². The van der Waals surface area contributed by atoms with E-state index in [1.54, 1.807) is 12.3 Å². The number of hydrogen-bond donors (Lipinski definition) is 1. The molecule has 0 aliphatic heterocycles. The fourth-order valence-corrected chi connectivity index (χ4v) is 2.42. The molecule has 0 spiro atoms. The monoisotopic (exact) mass is 336 g/mol. The third-order valence-electron chi connectivity index (χ3n) is 3.18. The standard InChI is InChI=1S/C16H18BrFN2/c1-3-19-16(9-13-6-5-12(17)10-20-13)14-7-4-11(2)8-15(14)18/h4-8,10,16,19H,3,9H2,1-2H3. The Bertz CT molecular complexity index is 569. The van der Waals surface area contributed by atoms with Crippen LogP contribution in [0, 0.1) is 12.7 Å². The van der Waals surface area contributed by atoms with Gasteiger partial charge in [0.05, 0.1) is 0 Å². The number of aromatic nitrogens is 1. The summed E-state index contributed by atoms with van der Waals surface area (Å²) in [6.45, 7) is 4.70. The molecule has 2 rings (SSSR count). The molecular formula is C16H18BrFN2. The van der Waals surface area contributed by atoms with Gasteiger partial charge in [0.25, 0.3) is 0 Å². The molecule has 1 heterocycles. The molecule has 20 heavy (non-hydrogen) atoms. The van der Waals surface area contributed by atoms with Crippen LogP contribution in [0.4, 0.5) is 4.39 Å². The number of likely N-dealkylation sites (N-methyl/N-ethyl adjacent to an activating group) is 1. The Labute approximate surface area is 127 Å². The fraction of sp³-hybridized carbons (Fsp3) is 0.312. The quantitative estimate of drug-likeness (QED) is 0.885. The largest absolute Gasteiger partial charge is 0.310 e. The van der Waals surface area contributed by atoms with Gasteiger partial charge in [-0.05, 0) is 53.2 Å². The predicted molar refractivity (Wildman–Crippen MR) is 83.2 cm³/mol. The van der Waals surface area contributed by atoms with E-state index < -0.39 is 0 Å². The van der Waals surface area contributed by atoms with Crippen molar-refractivity contribution < 1.29 is 4.39 Å². The first-order chi connectivity index (χ1) is 9.60. The fourth-order valence-electron chi connectivity index (χ4n) is 2.19. The molecule has 0 bridgehead atoms. The van der Waals surface area contributed by atoms with Crippen molar-refractivity contribution in [3.63, 3.8) is 0 Å². The van der Waals surface area contributed by atoms with E-state index >= 15 is 0 Å². The lowest BCUT2D eigenvalue weighted by Gasteiger charge is -2.19. The summed E-state index contributed by atoms with van der Waals surface area (Å²) in [4.78, 5) is 4.36. The van der Waals surface area contributed by atoms with E-state index in [1.807, 2.05) is 38.1 Å². The molecule has 0 aliphatic rings. The first kappa shape index (κ1) is 15.1. The molecular weight excluding hydrogens is 319 g/mol. The van der Waals surface area contributed by atoms with Crippen molar-refractivity contribution in [3.8, 4) is 0 Å². The maximum absolute atomic E-state index is 14.1. The number of nitrogens with zero attached hydrogens (tertiary/aromatic N) is 1. The molecule has 0 radical (unpaired) electrons. The van der Waals surface area contributed by atoms with E-state index in [-0.39, 0.29) is 11.9 Å². The molecule has 2 nitrogen and oxygen atoms in total. The van der Waals surface area contributed by atoms with Crippen LogP contribution in [0.1, 0.15) is 29.8 Å². The number of halogens is 2. The van der Waals surface area contributed by atoms with Crippen molar-refractivity contribution in [2.45, 2.75) is 26.3 Å². The Morgan fingerprint density at radius 1 is 1.30 bits per heavy atom. The molecule has 0 fully saturated rings. The molecule has 1 unspecified atom stereocenters. The number of nitrogens with one attached hydrogen (secondary N) is 1. The zero-order valence-electron chi connectivity index (χ0n) is 11.7. The van der Waals surface area contributed by atoms with Crippen molar-refractivity contribution >= 4 is 15.9 Å². The summed E-state index contributed by atoms with van der Waals surface area (Å²) in [5.41, 5.74) is 2.57. The van der Waals surface area contributed by atoms with Crippen LogP contribution in [0.2, 0.25) is 0 Å². The molecule has 0 amide bonds. The highest BCUT2D eigenvalue weighted by molar-refractivity contribution is 9.10. The number of rotatable bonds is 5. The molecule has 0 saturated heterocycles. The number of aryl methyl sites for hydroxylation is 1. The van der Waals surface area contributed by atoms with Crippen molar-refractivity contribution in [2.24, 2.45) is 0 Å². The van der Waals surface area contributed by atoms with Crippen molar-refractivity contribution in [1.82, 2.24) is 10.3 Å². The van der Waals surface area contributed by atoms with E-state index in [4.69, 9.17) is 0 Å². The van der Waals surface area contributed by atoms with Gasteiger partial charge >= 0.3 is 0 Å². The Morgan fingerprint density at radius 3 is 2.70 bits per heavy atom. The normalized spacial score (nSPS) is 12.4. The summed E-state index contributed by atoms with van der Waals surface area (Å²) in [6, 6.07) is 9.23. The van der Waals surface area contributed by atoms with Gasteiger partial charge in [-0.2, -0.15) is 0 Å². The van der Waals surface area contributed by atoms with E-state index in [1.165, 1.54) is 0 Å². The molecule has 0 saturated carbocycles. The maximum atomic E-state index is 14.1. The summed E-state index contributed by atoms with van der Waals surface area (Å²) >= 11 is 3.37. The average molecular weight is 337 g/mol. The molecule has 1 N–H and O–H groups in total. The van der Waals surface area contributed by atoms with Gasteiger partial charge in [-0.3, -0.25) is 4.98 Å². The Balaban J connectivity index is 2.24. The minimum Gasteiger partial charge on any atom is -0.310 e. The average Bonchev–Trinajstić information content (AvgIpc) is 2.41. The minimum atomic E-state index is -0.159. The molecule has 2 aromatic rings. The number of hydrogen-bond acceptors (Lipinski definition) is 2. The van der Waals surface area contributed by atoms with Gasteiger partial charge in [-0.25, -0.2) is 4.39 Å². The van der Waals surface area contributed by atoms with Crippen molar-refractivity contribution in [2.75, 3.05) is 6.54 Å². The lowest BCUT2D eigenvalue weighted by molar-refractivity contribution is 0.506. The van der Waals surface area contributed by atoms with Gasteiger partial charge in [0, 0.05) is 34.4 Å². The minimum absolute atomic E-state index is 0.0609. The van der Waals surface area contributed by atoms with Crippen LogP contribution in [0.5, 0.6) is 0 Å². The SMILES string of the molecule is CCNC(Cc1ccc(Br)cn1)c1ccc(C)cc1F. The highest BCUT2D eigenvalue weighted by Crippen LogP contribution is 2.22. The second-order valence-corrected chi connectivity index (χ2v) is 5.72. The van der Waals surface area contributed by atoms with Crippen LogP contribution in [0.25, 0.3) is 0 Å². The van der Waals surface area contributed by atoms with E-state index in [9.17, 15) is 4.39 Å². The smallest absolute Gasteiger partial charge is 0.128 e. The van der Waals surface area contributed by atoms with E-state index in [2.05, 4.69) is 26.2 Å². The van der Waals surface area contributed by atoms with E-state index in [0.29, 0.717) is 12.0 Å². The van der Waals surface area contributed by atoms with Crippen LogP contribution in [0.15, 0.2) is 41.0 Å². The third kappa shape index (κ3) is 3.87. The van der Waals surface area contributed by atoms with Crippen molar-refractivity contribution in [3.05, 3.63) is 63.6 Å². The zero-order valence-corrected chi connectivity index (χ0v) is 13.2. The van der Waals surface area contributed by atoms with Crippen LogP contribution in [-0.2, 0) is 6.42 Å². The number of pyridine rings is 1. The van der Waals surface area contributed by atoms with Gasteiger partial charge in [0.1, 0.15) is 5.82 Å². The molecule has 1 aromatic carbocycles. The summed E-state index contributed by atoms with van der Waals surface area (Å²) < 4.78 is 15.1. The summed E-state index contributed by atoms with van der Waals surface area (Å²) in [6.07, 6.45) is 2.44. The Hall–Kier alpha value is -1.26. The Morgan fingerprint density at radius 2 is 2.10 bits per heavy atom. The summed E-state index contributed by atoms with van der Waals surface area (Å²) in [5, 5.41) is 3.33. The zero-order chi connectivity index (χ0) is 14.5. The topological polar surface area (TPSA) is 24.9 Å². The second-order valence-electron chi connectivity index (χ2n) is 4.81. The van der Waals surface area contributed by atoms with Crippen molar-refractivity contribution in [1.29, 1.82) is 0 Å². The van der Waals surface area contributed by atoms with Gasteiger partial charge < -0.3 is 5.32 Å². The molecule has 4 heteroatoms. The third-order valence-corrected chi connectivity index (χ3v) is 3.65. The van der Waals surface area contributed by atoms with Gasteiger partial charge in [0.15, 0.2) is 0 Å². The maximum Gasteiger partial charge on any atom is 0.128 e. The van der Waals surface area contributed by atoms with Gasteiger partial charge in [0.2, 0.25) is 0 Å². The first-order valence-corrected chi connectivity index (χ1v) is 7.49. The highest BCUT2D eigenvalue weighted by atomic mass is 79.9. The van der Waals surface area contributed by atoms with Gasteiger partial charge in [-0.1, -0.05) is 19.1 Å². The van der Waals surface area contributed by atoms with Gasteiger partial charge in [-0.15, -0.1) is 0 Å². The molecule has 1 atom stereocenters. The van der Waals surface area contributed by atoms with Crippen LogP contribution < -0.4 is 5.32 Å². The predicted octanol–water partition coefficient (Wildman–Crippen LogP) is 4.18. The lowest BCUT2D eigenvalue weighted by Crippen LogP contribution is -2.24. The lowest BCUT2D eigenvalue weighted by atomic mass is 9.99. The highest BCUT2D eigenvalue weighted by Gasteiger charge is 2.16. The van der Waals surface area contributed by atoms with Crippen LogP contribution >= 0.6 is 15.9 Å². The molecule has 106 valence electrons. The molecule has 1 aromatic heterocycles. The summed E-state index contributed by atoms with van der Waals surface area (Å²) in [7, 11) is 0.